The number of carbonyl (C=O) groups is 2. The van der Waals surface area contributed by atoms with E-state index in [1.165, 1.54) is 38.5 Å². The van der Waals surface area contributed by atoms with Gasteiger partial charge in [-0.3, -0.25) is 4.79 Å². The van der Waals surface area contributed by atoms with Crippen LogP contribution in [0.4, 0.5) is 4.39 Å². The first-order chi connectivity index (χ1) is 11.9. The molecule has 0 aliphatic heterocycles. The molecule has 0 aromatic heterocycles. The van der Waals surface area contributed by atoms with E-state index in [1.54, 1.807) is 0 Å². The van der Waals surface area contributed by atoms with E-state index < -0.39 is 17.6 Å². The second kappa shape index (κ2) is 15.2. The molecule has 0 amide bonds. The van der Waals surface area contributed by atoms with Crippen molar-refractivity contribution in [2.45, 2.75) is 115 Å². The maximum absolute atomic E-state index is 14.5. The lowest BCUT2D eigenvalue weighted by molar-refractivity contribution is -0.152. The molecule has 148 valence electrons. The lowest BCUT2D eigenvalue weighted by Gasteiger charge is -2.20. The number of carboxylic acids is 2. The van der Waals surface area contributed by atoms with E-state index in [-0.39, 0.29) is 19.3 Å². The van der Waals surface area contributed by atoms with Gasteiger partial charge in [-0.15, -0.1) is 0 Å². The van der Waals surface area contributed by atoms with E-state index in [9.17, 15) is 14.0 Å². The lowest BCUT2D eigenvalue weighted by Crippen LogP contribution is -2.33. The van der Waals surface area contributed by atoms with Crippen LogP contribution in [0.15, 0.2) is 0 Å². The van der Waals surface area contributed by atoms with Gasteiger partial charge in [-0.2, -0.15) is 0 Å². The zero-order chi connectivity index (χ0) is 19.0. The summed E-state index contributed by atoms with van der Waals surface area (Å²) < 4.78 is 14.5. The summed E-state index contributed by atoms with van der Waals surface area (Å²) in [6.07, 6.45) is 12.9. The summed E-state index contributed by atoms with van der Waals surface area (Å²) in [6, 6.07) is 0. The molecule has 0 aliphatic rings. The van der Waals surface area contributed by atoms with Crippen LogP contribution >= 0.6 is 0 Å². The van der Waals surface area contributed by atoms with Crippen molar-refractivity contribution in [3.63, 3.8) is 0 Å². The second-order valence-electron chi connectivity index (χ2n) is 7.16. The third-order valence-corrected chi connectivity index (χ3v) is 4.77. The van der Waals surface area contributed by atoms with Gasteiger partial charge in [0.2, 0.25) is 5.67 Å². The van der Waals surface area contributed by atoms with Gasteiger partial charge in [-0.1, -0.05) is 71.1 Å². The van der Waals surface area contributed by atoms with Crippen LogP contribution in [-0.4, -0.2) is 27.8 Å². The normalized spacial score (nSPS) is 13.5. The van der Waals surface area contributed by atoms with Crippen LogP contribution in [-0.2, 0) is 9.59 Å². The highest BCUT2D eigenvalue weighted by atomic mass is 19.1. The fourth-order valence-electron chi connectivity index (χ4n) is 3.09. The summed E-state index contributed by atoms with van der Waals surface area (Å²) in [5.74, 6) is -2.24. The Labute approximate surface area is 152 Å². The van der Waals surface area contributed by atoms with Crippen molar-refractivity contribution in [2.75, 3.05) is 0 Å². The molecule has 0 aromatic rings. The minimum absolute atomic E-state index is 0.0145. The molecule has 0 aliphatic carbocycles. The topological polar surface area (TPSA) is 74.6 Å². The third-order valence-electron chi connectivity index (χ3n) is 4.77. The van der Waals surface area contributed by atoms with Crippen LogP contribution < -0.4 is 0 Å². The molecule has 0 spiro atoms. The van der Waals surface area contributed by atoms with Crippen LogP contribution in [0, 0.1) is 0 Å². The Morgan fingerprint density at radius 1 is 0.720 bits per heavy atom. The molecule has 0 aromatic carbocycles. The fourth-order valence-corrected chi connectivity index (χ4v) is 3.09. The summed E-state index contributed by atoms with van der Waals surface area (Å²) >= 11 is 0. The smallest absolute Gasteiger partial charge is 0.341 e. The Hall–Kier alpha value is -1.13. The van der Waals surface area contributed by atoms with E-state index in [0.29, 0.717) is 25.7 Å². The van der Waals surface area contributed by atoms with Gasteiger partial charge >= 0.3 is 11.9 Å². The monoisotopic (exact) mass is 360 g/mol. The summed E-state index contributed by atoms with van der Waals surface area (Å²) in [4.78, 5) is 21.6. The molecule has 0 fully saturated rings. The number of alkyl halides is 1. The average molecular weight is 361 g/mol. The van der Waals surface area contributed by atoms with Crippen molar-refractivity contribution in [1.29, 1.82) is 0 Å². The van der Waals surface area contributed by atoms with Crippen molar-refractivity contribution in [1.82, 2.24) is 0 Å². The Kier molecular flexibility index (Phi) is 14.5. The molecular formula is C20H37FO4. The van der Waals surface area contributed by atoms with Crippen molar-refractivity contribution in [2.24, 2.45) is 0 Å². The number of hydrogen-bond acceptors (Lipinski definition) is 2. The number of rotatable bonds is 18. The average Bonchev–Trinajstić information content (AvgIpc) is 2.55. The first-order valence-corrected chi connectivity index (χ1v) is 10.1. The highest BCUT2D eigenvalue weighted by Gasteiger charge is 2.37. The third kappa shape index (κ3) is 13.8. The molecule has 0 rings (SSSR count). The molecule has 5 heteroatoms. The van der Waals surface area contributed by atoms with Crippen molar-refractivity contribution >= 4 is 11.9 Å². The summed E-state index contributed by atoms with van der Waals surface area (Å²) in [5.41, 5.74) is -2.15. The van der Waals surface area contributed by atoms with E-state index >= 15 is 0 Å². The van der Waals surface area contributed by atoms with Gasteiger partial charge in [0.15, 0.2) is 0 Å². The number of aliphatic carboxylic acids is 2. The number of carboxylic acid groups (broad SMARTS) is 2. The first kappa shape index (κ1) is 23.9. The Morgan fingerprint density at radius 3 is 1.52 bits per heavy atom. The minimum atomic E-state index is -2.15. The van der Waals surface area contributed by atoms with Gasteiger partial charge in [0.1, 0.15) is 0 Å². The van der Waals surface area contributed by atoms with Crippen molar-refractivity contribution in [3.8, 4) is 0 Å². The van der Waals surface area contributed by atoms with E-state index in [4.69, 9.17) is 10.2 Å². The highest BCUT2D eigenvalue weighted by molar-refractivity contribution is 5.77. The number of hydrogen-bond donors (Lipinski definition) is 2. The predicted molar refractivity (Wildman–Crippen MR) is 98.7 cm³/mol. The molecule has 0 saturated carbocycles. The molecule has 0 heterocycles. The molecule has 1 unspecified atom stereocenters. The molecule has 4 nitrogen and oxygen atoms in total. The second-order valence-corrected chi connectivity index (χ2v) is 7.16. The van der Waals surface area contributed by atoms with Gasteiger partial charge in [-0.05, 0) is 32.1 Å². The van der Waals surface area contributed by atoms with Gasteiger partial charge < -0.3 is 10.2 Å². The Balaban J connectivity index is 3.73. The number of unbranched alkanes of at least 4 members (excludes halogenated alkanes) is 11. The van der Waals surface area contributed by atoms with Gasteiger partial charge in [0, 0.05) is 6.42 Å². The van der Waals surface area contributed by atoms with Crippen LogP contribution in [0.5, 0.6) is 0 Å². The van der Waals surface area contributed by atoms with Gasteiger partial charge in [0.05, 0.1) is 0 Å². The van der Waals surface area contributed by atoms with E-state index in [2.05, 4.69) is 6.92 Å². The Morgan fingerprint density at radius 2 is 1.12 bits per heavy atom. The molecule has 2 N–H and O–H groups in total. The summed E-state index contributed by atoms with van der Waals surface area (Å²) in [6.45, 7) is 2.21. The van der Waals surface area contributed by atoms with Crippen LogP contribution in [0.3, 0.4) is 0 Å². The largest absolute Gasteiger partial charge is 0.481 e. The zero-order valence-corrected chi connectivity index (χ0v) is 15.9. The lowest BCUT2D eigenvalue weighted by atomic mass is 9.91. The maximum Gasteiger partial charge on any atom is 0.341 e. The molecule has 1 atom stereocenters. The van der Waals surface area contributed by atoms with Crippen LogP contribution in [0.25, 0.3) is 0 Å². The minimum Gasteiger partial charge on any atom is -0.481 e. The van der Waals surface area contributed by atoms with Crippen molar-refractivity contribution < 1.29 is 24.2 Å². The van der Waals surface area contributed by atoms with Crippen LogP contribution in [0.2, 0.25) is 0 Å². The first-order valence-electron chi connectivity index (χ1n) is 10.1. The Bertz CT molecular complexity index is 360. The van der Waals surface area contributed by atoms with Gasteiger partial charge in [-0.25, -0.2) is 9.18 Å². The molecule has 0 bridgehead atoms. The fraction of sp³-hybridized carbons (Fsp3) is 0.900. The van der Waals surface area contributed by atoms with E-state index in [0.717, 1.165) is 19.3 Å². The highest BCUT2D eigenvalue weighted by Crippen LogP contribution is 2.27. The maximum atomic E-state index is 14.5. The number of halogens is 1. The zero-order valence-electron chi connectivity index (χ0n) is 15.9. The molecule has 0 radical (unpaired) electrons. The van der Waals surface area contributed by atoms with Crippen LogP contribution in [0.1, 0.15) is 110 Å². The van der Waals surface area contributed by atoms with Crippen molar-refractivity contribution in [3.05, 3.63) is 0 Å². The summed E-state index contributed by atoms with van der Waals surface area (Å²) in [5, 5.41) is 17.7. The quantitative estimate of drug-likeness (QED) is 0.288. The molecule has 0 saturated heterocycles. The van der Waals surface area contributed by atoms with E-state index in [1.807, 2.05) is 0 Å². The predicted octanol–water partition coefficient (Wildman–Crippen LogP) is 6.13. The summed E-state index contributed by atoms with van der Waals surface area (Å²) in [7, 11) is 0. The standard InChI is InChI=1S/C20H37FO4/c1-2-3-4-5-6-7-8-9-10-13-16-20(21,19(24)25)17-14-11-12-15-18(22)23/h2-17H2,1H3,(H,22,23)(H,24,25). The molecular weight excluding hydrogens is 323 g/mol. The molecule has 25 heavy (non-hydrogen) atoms. The van der Waals surface area contributed by atoms with Gasteiger partial charge in [0.25, 0.3) is 0 Å². The SMILES string of the molecule is CCCCCCCCCCCCC(F)(CCCCCC(=O)O)C(=O)O.